The third-order valence-electron chi connectivity index (χ3n) is 4.77. The van der Waals surface area contributed by atoms with Gasteiger partial charge in [0.1, 0.15) is 0 Å². The molecule has 2 aliphatic heterocycles. The molecule has 2 heterocycles. The maximum Gasteiger partial charge on any atom is 0.416 e. The van der Waals surface area contributed by atoms with Gasteiger partial charge in [0.15, 0.2) is 0 Å². The zero-order valence-corrected chi connectivity index (χ0v) is 12.0. The minimum atomic E-state index is -4.24. The quantitative estimate of drug-likeness (QED) is 0.901. The summed E-state index contributed by atoms with van der Waals surface area (Å²) in [5.74, 6) is 0.262. The SMILES string of the molecule is FC(F)(F)c1cccc(C2CCN([C@H]3CCNC3)CC2)c1. The summed E-state index contributed by atoms with van der Waals surface area (Å²) in [4.78, 5) is 2.49. The highest BCUT2D eigenvalue weighted by Gasteiger charge is 2.32. The molecule has 0 unspecified atom stereocenters. The minimum Gasteiger partial charge on any atom is -0.315 e. The number of hydrogen-bond acceptors (Lipinski definition) is 2. The van der Waals surface area contributed by atoms with Gasteiger partial charge >= 0.3 is 6.18 Å². The predicted molar refractivity (Wildman–Crippen MR) is 76.3 cm³/mol. The summed E-state index contributed by atoms with van der Waals surface area (Å²) in [7, 11) is 0. The van der Waals surface area contributed by atoms with Gasteiger partial charge in [-0.1, -0.05) is 18.2 Å². The van der Waals surface area contributed by atoms with Crippen molar-refractivity contribution in [1.82, 2.24) is 10.2 Å². The second kappa shape index (κ2) is 5.97. The Morgan fingerprint density at radius 2 is 1.86 bits per heavy atom. The molecule has 3 rings (SSSR count). The number of alkyl halides is 3. The summed E-state index contributed by atoms with van der Waals surface area (Å²) >= 11 is 0. The van der Waals surface area contributed by atoms with Crippen molar-refractivity contribution < 1.29 is 13.2 Å². The summed E-state index contributed by atoms with van der Waals surface area (Å²) in [5.41, 5.74) is 0.316. The van der Waals surface area contributed by atoms with E-state index in [1.165, 1.54) is 18.6 Å². The molecule has 2 fully saturated rings. The number of likely N-dealkylation sites (tertiary alicyclic amines) is 1. The maximum atomic E-state index is 12.8. The molecular weight excluding hydrogens is 277 g/mol. The molecule has 0 bridgehead atoms. The smallest absolute Gasteiger partial charge is 0.315 e. The fraction of sp³-hybridized carbons (Fsp3) is 0.625. The number of nitrogens with one attached hydrogen (secondary N) is 1. The number of nitrogens with zero attached hydrogens (tertiary/aromatic N) is 1. The summed E-state index contributed by atoms with van der Waals surface area (Å²) < 4.78 is 38.4. The van der Waals surface area contributed by atoms with Gasteiger partial charge in [-0.25, -0.2) is 0 Å². The van der Waals surface area contributed by atoms with E-state index in [1.807, 2.05) is 6.07 Å². The van der Waals surface area contributed by atoms with E-state index in [9.17, 15) is 13.2 Å². The number of hydrogen-bond donors (Lipinski definition) is 1. The van der Waals surface area contributed by atoms with E-state index in [-0.39, 0.29) is 5.92 Å². The maximum absolute atomic E-state index is 12.8. The average molecular weight is 298 g/mol. The van der Waals surface area contributed by atoms with E-state index in [0.29, 0.717) is 6.04 Å². The van der Waals surface area contributed by atoms with Crippen LogP contribution >= 0.6 is 0 Å². The summed E-state index contributed by atoms with van der Waals surface area (Å²) in [5, 5.41) is 3.37. The number of halogens is 3. The van der Waals surface area contributed by atoms with Crippen molar-refractivity contribution in [2.75, 3.05) is 26.2 Å². The van der Waals surface area contributed by atoms with Crippen LogP contribution < -0.4 is 5.32 Å². The van der Waals surface area contributed by atoms with Crippen molar-refractivity contribution in [2.45, 2.75) is 37.4 Å². The molecule has 1 N–H and O–H groups in total. The lowest BCUT2D eigenvalue weighted by molar-refractivity contribution is -0.137. The molecule has 0 radical (unpaired) electrons. The fourth-order valence-electron chi connectivity index (χ4n) is 3.52. The van der Waals surface area contributed by atoms with Crippen LogP contribution in [0.2, 0.25) is 0 Å². The summed E-state index contributed by atoms with van der Waals surface area (Å²) in [6.45, 7) is 4.12. The van der Waals surface area contributed by atoms with Gasteiger partial charge in [-0.3, -0.25) is 4.90 Å². The molecule has 0 aliphatic carbocycles. The minimum absolute atomic E-state index is 0.262. The Morgan fingerprint density at radius 3 is 2.48 bits per heavy atom. The molecule has 1 aromatic carbocycles. The van der Waals surface area contributed by atoms with Crippen LogP contribution in [0.25, 0.3) is 0 Å². The first-order valence-corrected chi connectivity index (χ1v) is 7.66. The van der Waals surface area contributed by atoms with Crippen LogP contribution in [-0.2, 0) is 6.18 Å². The molecule has 1 atom stereocenters. The van der Waals surface area contributed by atoms with Crippen LogP contribution in [0.15, 0.2) is 24.3 Å². The van der Waals surface area contributed by atoms with Crippen molar-refractivity contribution in [1.29, 1.82) is 0 Å². The lowest BCUT2D eigenvalue weighted by Crippen LogP contribution is -2.42. The third kappa shape index (κ3) is 3.40. The largest absolute Gasteiger partial charge is 0.416 e. The molecule has 2 saturated heterocycles. The first-order valence-electron chi connectivity index (χ1n) is 7.66. The molecule has 0 spiro atoms. The van der Waals surface area contributed by atoms with Crippen molar-refractivity contribution >= 4 is 0 Å². The third-order valence-corrected chi connectivity index (χ3v) is 4.77. The van der Waals surface area contributed by atoms with Gasteiger partial charge in [0.05, 0.1) is 5.56 Å². The standard InChI is InChI=1S/C16H21F3N2/c17-16(18,19)14-3-1-2-13(10-14)12-5-8-21(9-6-12)15-4-7-20-11-15/h1-3,10,12,15,20H,4-9,11H2/t15-/m0/s1. The van der Waals surface area contributed by atoms with Gasteiger partial charge in [-0.05, 0) is 56.4 Å². The van der Waals surface area contributed by atoms with Crippen LogP contribution in [0.5, 0.6) is 0 Å². The molecule has 21 heavy (non-hydrogen) atoms. The molecule has 0 aromatic heterocycles. The number of piperidine rings is 1. The zero-order chi connectivity index (χ0) is 14.9. The lowest BCUT2D eigenvalue weighted by Gasteiger charge is -2.36. The molecule has 2 nitrogen and oxygen atoms in total. The van der Waals surface area contributed by atoms with Crippen LogP contribution in [0.4, 0.5) is 13.2 Å². The van der Waals surface area contributed by atoms with E-state index in [4.69, 9.17) is 0 Å². The van der Waals surface area contributed by atoms with Crippen molar-refractivity contribution in [3.05, 3.63) is 35.4 Å². The van der Waals surface area contributed by atoms with Gasteiger partial charge in [-0.15, -0.1) is 0 Å². The van der Waals surface area contributed by atoms with E-state index < -0.39 is 11.7 Å². The molecule has 0 amide bonds. The van der Waals surface area contributed by atoms with E-state index in [1.54, 1.807) is 0 Å². The van der Waals surface area contributed by atoms with Gasteiger partial charge in [0, 0.05) is 12.6 Å². The molecule has 2 aliphatic rings. The predicted octanol–water partition coefficient (Wildman–Crippen LogP) is 3.25. The first-order chi connectivity index (χ1) is 10.0. The number of benzene rings is 1. The Kier molecular flexibility index (Phi) is 4.22. The lowest BCUT2D eigenvalue weighted by atomic mass is 9.88. The van der Waals surface area contributed by atoms with Gasteiger partial charge in [0.25, 0.3) is 0 Å². The highest BCUT2D eigenvalue weighted by atomic mass is 19.4. The summed E-state index contributed by atoms with van der Waals surface area (Å²) in [6.07, 6.45) is -1.14. The Labute approximate surface area is 123 Å². The normalized spacial score (nSPS) is 25.4. The van der Waals surface area contributed by atoms with Gasteiger partial charge < -0.3 is 5.32 Å². The van der Waals surface area contributed by atoms with Crippen molar-refractivity contribution in [3.63, 3.8) is 0 Å². The topological polar surface area (TPSA) is 15.3 Å². The fourth-order valence-corrected chi connectivity index (χ4v) is 3.52. The molecule has 5 heteroatoms. The molecule has 1 aromatic rings. The second-order valence-electron chi connectivity index (χ2n) is 6.08. The summed E-state index contributed by atoms with van der Waals surface area (Å²) in [6, 6.07) is 6.48. The van der Waals surface area contributed by atoms with Crippen LogP contribution in [0.1, 0.15) is 36.3 Å². The van der Waals surface area contributed by atoms with Crippen LogP contribution in [0.3, 0.4) is 0 Å². The Morgan fingerprint density at radius 1 is 1.10 bits per heavy atom. The van der Waals surface area contributed by atoms with Gasteiger partial charge in [-0.2, -0.15) is 13.2 Å². The van der Waals surface area contributed by atoms with Crippen LogP contribution in [-0.4, -0.2) is 37.1 Å². The van der Waals surface area contributed by atoms with Crippen LogP contribution in [0, 0.1) is 0 Å². The monoisotopic (exact) mass is 298 g/mol. The number of rotatable bonds is 2. The Bertz CT molecular complexity index is 473. The molecule has 0 saturated carbocycles. The molecule has 116 valence electrons. The Balaban J connectivity index is 1.64. The highest BCUT2D eigenvalue weighted by Crippen LogP contribution is 2.34. The van der Waals surface area contributed by atoms with Crippen molar-refractivity contribution in [2.24, 2.45) is 0 Å². The molecular formula is C16H21F3N2. The van der Waals surface area contributed by atoms with E-state index in [2.05, 4.69) is 10.2 Å². The van der Waals surface area contributed by atoms with E-state index >= 15 is 0 Å². The second-order valence-corrected chi connectivity index (χ2v) is 6.08. The zero-order valence-electron chi connectivity index (χ0n) is 12.0. The van der Waals surface area contributed by atoms with E-state index in [0.717, 1.165) is 50.7 Å². The first kappa shape index (κ1) is 14.9. The highest BCUT2D eigenvalue weighted by molar-refractivity contribution is 5.28. The van der Waals surface area contributed by atoms with Crippen molar-refractivity contribution in [3.8, 4) is 0 Å². The average Bonchev–Trinajstić information content (AvgIpc) is 3.01. The van der Waals surface area contributed by atoms with Gasteiger partial charge in [0.2, 0.25) is 0 Å². The Hall–Kier alpha value is -1.07.